The third-order valence-corrected chi connectivity index (χ3v) is 7.39. The van der Waals surface area contributed by atoms with Crippen molar-refractivity contribution in [2.24, 2.45) is 0 Å². The van der Waals surface area contributed by atoms with E-state index in [9.17, 15) is 22.8 Å². The Hall–Kier alpha value is -4.58. The fourth-order valence-corrected chi connectivity index (χ4v) is 5.19. The number of nitrogens with zero attached hydrogens (tertiary/aromatic N) is 4. The Bertz CT molecular complexity index is 1610. The number of anilines is 2. The molecule has 2 aromatic carbocycles. The summed E-state index contributed by atoms with van der Waals surface area (Å²) in [6, 6.07) is 15.3. The number of esters is 1. The lowest BCUT2D eigenvalue weighted by Gasteiger charge is -2.29. The van der Waals surface area contributed by atoms with Crippen LogP contribution in [0.2, 0.25) is 0 Å². The Kier molecular flexibility index (Phi) is 10.9. The van der Waals surface area contributed by atoms with Gasteiger partial charge in [-0.1, -0.05) is 12.1 Å². The number of ether oxygens (including phenoxy) is 4. The molecule has 0 atom stereocenters. The molecule has 0 saturated carbocycles. The summed E-state index contributed by atoms with van der Waals surface area (Å²) in [5.74, 6) is -0.483. The van der Waals surface area contributed by atoms with E-state index in [1.54, 1.807) is 49.2 Å². The fraction of sp³-hybridized carbons (Fsp3) is 0.344. The molecule has 1 amide bonds. The van der Waals surface area contributed by atoms with Gasteiger partial charge in [0, 0.05) is 30.6 Å². The van der Waals surface area contributed by atoms with Gasteiger partial charge in [-0.05, 0) is 68.0 Å². The number of rotatable bonds is 13. The van der Waals surface area contributed by atoms with Gasteiger partial charge in [0.2, 0.25) is 5.88 Å². The monoisotopic (exact) mass is 656 g/mol. The average Bonchev–Trinajstić information content (AvgIpc) is 3.21. The molecule has 0 bridgehead atoms. The summed E-state index contributed by atoms with van der Waals surface area (Å²) in [6.07, 6.45) is -3.02. The molecule has 1 aliphatic heterocycles. The molecule has 2 heterocycles. The maximum absolute atomic E-state index is 13.6. The predicted octanol–water partition coefficient (Wildman–Crippen LogP) is 5.53. The Morgan fingerprint density at radius 3 is 2.30 bits per heavy atom. The van der Waals surface area contributed by atoms with E-state index in [1.165, 1.54) is 13.2 Å². The molecule has 1 aromatic heterocycles. The van der Waals surface area contributed by atoms with Crippen molar-refractivity contribution in [3.63, 3.8) is 0 Å². The highest BCUT2D eigenvalue weighted by Crippen LogP contribution is 2.40. The average molecular weight is 657 g/mol. The van der Waals surface area contributed by atoms with Gasteiger partial charge in [-0.15, -0.1) is 0 Å². The molecule has 1 fully saturated rings. The van der Waals surface area contributed by atoms with Crippen LogP contribution >= 0.6 is 12.2 Å². The molecule has 0 aliphatic carbocycles. The molecule has 3 aromatic rings. The normalized spacial score (nSPS) is 14.4. The Morgan fingerprint density at radius 2 is 1.67 bits per heavy atom. The van der Waals surface area contributed by atoms with Crippen LogP contribution in [-0.2, 0) is 30.0 Å². The number of methoxy groups -OCH3 is 1. The quantitative estimate of drug-likeness (QED) is 0.132. The first kappa shape index (κ1) is 34.3. The zero-order valence-electron chi connectivity index (χ0n) is 25.3. The number of hydrogen-bond acceptors (Lipinski definition) is 9. The highest BCUT2D eigenvalue weighted by Gasteiger charge is 2.50. The number of thiocarbonyl (C=S) groups is 1. The molecule has 10 nitrogen and oxygen atoms in total. The molecule has 0 spiro atoms. The number of nitriles is 1. The summed E-state index contributed by atoms with van der Waals surface area (Å²) in [5, 5.41) is 9.15. The first-order valence-corrected chi connectivity index (χ1v) is 14.5. The van der Waals surface area contributed by atoms with Crippen molar-refractivity contribution in [3.8, 4) is 23.1 Å². The van der Waals surface area contributed by atoms with Crippen LogP contribution in [-0.4, -0.2) is 67.7 Å². The van der Waals surface area contributed by atoms with E-state index >= 15 is 0 Å². The van der Waals surface area contributed by atoms with Crippen molar-refractivity contribution < 1.29 is 41.7 Å². The molecular formula is C32H31F3N4O6S. The number of carbonyl (C=O) groups excluding carboxylic acids is 2. The van der Waals surface area contributed by atoms with E-state index in [2.05, 4.69) is 4.98 Å². The van der Waals surface area contributed by atoms with Crippen molar-refractivity contribution in [1.82, 2.24) is 4.98 Å². The Balaban J connectivity index is 1.37. The molecule has 0 N–H and O–H groups in total. The van der Waals surface area contributed by atoms with E-state index in [0.29, 0.717) is 18.2 Å². The fourth-order valence-electron chi connectivity index (χ4n) is 4.67. The summed E-state index contributed by atoms with van der Waals surface area (Å²) < 4.78 is 61.6. The number of pyridine rings is 1. The predicted molar refractivity (Wildman–Crippen MR) is 166 cm³/mol. The third kappa shape index (κ3) is 7.79. The standard InChI is InChI=1S/C32H31F3N4O6S/c1-31(2)29(41)38(25-10-6-22(19-36)26(18-25)32(33,34)35)30(46)39(31)24-8-4-21(5-9-24)23-7-11-27(37-20-23)44-17-15-43-13-12-28(40)45-16-14-42-3/h4-11,18,20H,12-17H2,1-3H3. The van der Waals surface area contributed by atoms with Gasteiger partial charge in [-0.3, -0.25) is 14.5 Å². The lowest BCUT2D eigenvalue weighted by molar-refractivity contribution is -0.146. The summed E-state index contributed by atoms with van der Waals surface area (Å²) in [6.45, 7) is 4.52. The van der Waals surface area contributed by atoms with Gasteiger partial charge in [-0.25, -0.2) is 4.98 Å². The molecule has 14 heteroatoms. The van der Waals surface area contributed by atoms with Gasteiger partial charge >= 0.3 is 12.1 Å². The lowest BCUT2D eigenvalue weighted by atomic mass is 10.0. The highest BCUT2D eigenvalue weighted by molar-refractivity contribution is 7.81. The van der Waals surface area contributed by atoms with Gasteiger partial charge in [0.15, 0.2) is 5.11 Å². The van der Waals surface area contributed by atoms with Crippen molar-refractivity contribution >= 4 is 40.6 Å². The first-order chi connectivity index (χ1) is 21.9. The summed E-state index contributed by atoms with van der Waals surface area (Å²) in [5.41, 5.74) is -0.800. The van der Waals surface area contributed by atoms with Crippen LogP contribution in [0.5, 0.6) is 5.88 Å². The van der Waals surface area contributed by atoms with Gasteiger partial charge in [0.25, 0.3) is 5.91 Å². The second-order valence-corrected chi connectivity index (χ2v) is 10.9. The van der Waals surface area contributed by atoms with E-state index < -0.39 is 28.7 Å². The van der Waals surface area contributed by atoms with E-state index in [0.717, 1.165) is 28.2 Å². The minimum absolute atomic E-state index is 0.00902. The minimum atomic E-state index is -4.78. The van der Waals surface area contributed by atoms with Crippen molar-refractivity contribution in [2.45, 2.75) is 32.0 Å². The summed E-state index contributed by atoms with van der Waals surface area (Å²) >= 11 is 5.61. The van der Waals surface area contributed by atoms with E-state index in [1.807, 2.05) is 18.2 Å². The molecule has 1 aliphatic rings. The zero-order valence-corrected chi connectivity index (χ0v) is 26.1. The van der Waals surface area contributed by atoms with Crippen LogP contribution in [0.25, 0.3) is 11.1 Å². The van der Waals surface area contributed by atoms with Gasteiger partial charge in [0.1, 0.15) is 18.8 Å². The minimum Gasteiger partial charge on any atom is -0.475 e. The van der Waals surface area contributed by atoms with Gasteiger partial charge in [-0.2, -0.15) is 18.4 Å². The summed E-state index contributed by atoms with van der Waals surface area (Å²) in [4.78, 5) is 31.9. The second kappa shape index (κ2) is 14.7. The van der Waals surface area contributed by atoms with Crippen LogP contribution in [0, 0.1) is 11.3 Å². The molecule has 0 unspecified atom stereocenters. The van der Waals surface area contributed by atoms with Gasteiger partial charge < -0.3 is 23.8 Å². The van der Waals surface area contributed by atoms with E-state index in [-0.39, 0.29) is 49.6 Å². The number of benzene rings is 2. The number of aromatic nitrogens is 1. The maximum Gasteiger partial charge on any atom is 0.417 e. The first-order valence-electron chi connectivity index (χ1n) is 14.1. The molecule has 0 radical (unpaired) electrons. The Morgan fingerprint density at radius 1 is 0.978 bits per heavy atom. The van der Waals surface area contributed by atoms with Crippen LogP contribution in [0.4, 0.5) is 24.5 Å². The number of alkyl halides is 3. The SMILES string of the molecule is COCCOC(=O)CCOCCOc1ccc(-c2ccc(N3C(=S)N(c4ccc(C#N)c(C(F)(F)F)c4)C(=O)C3(C)C)cc2)cn1. The second-order valence-electron chi connectivity index (χ2n) is 10.5. The molecule has 1 saturated heterocycles. The Labute approximate surface area is 269 Å². The number of hydrogen-bond donors (Lipinski definition) is 0. The van der Waals surface area contributed by atoms with Crippen molar-refractivity contribution in [1.29, 1.82) is 5.26 Å². The van der Waals surface area contributed by atoms with Crippen LogP contribution in [0.1, 0.15) is 31.4 Å². The summed E-state index contributed by atoms with van der Waals surface area (Å²) in [7, 11) is 1.52. The van der Waals surface area contributed by atoms with Gasteiger partial charge in [0.05, 0.1) is 49.1 Å². The molecule has 46 heavy (non-hydrogen) atoms. The van der Waals surface area contributed by atoms with Crippen molar-refractivity contribution in [3.05, 3.63) is 71.9 Å². The van der Waals surface area contributed by atoms with Crippen molar-refractivity contribution in [2.75, 3.05) is 49.9 Å². The molecule has 242 valence electrons. The molecular weight excluding hydrogens is 625 g/mol. The number of halogens is 3. The van der Waals surface area contributed by atoms with Crippen LogP contribution in [0.15, 0.2) is 60.8 Å². The topological polar surface area (TPSA) is 114 Å². The zero-order chi connectivity index (χ0) is 33.5. The smallest absolute Gasteiger partial charge is 0.417 e. The maximum atomic E-state index is 13.6. The van der Waals surface area contributed by atoms with Crippen LogP contribution < -0.4 is 14.5 Å². The lowest BCUT2D eigenvalue weighted by Crippen LogP contribution is -2.44. The van der Waals surface area contributed by atoms with E-state index in [4.69, 9.17) is 36.4 Å². The highest BCUT2D eigenvalue weighted by atomic mass is 32.1. The third-order valence-electron chi connectivity index (χ3n) is 7.03. The number of carbonyl (C=O) groups is 2. The molecule has 4 rings (SSSR count). The number of amides is 1. The van der Waals surface area contributed by atoms with Crippen LogP contribution in [0.3, 0.4) is 0 Å². The largest absolute Gasteiger partial charge is 0.475 e.